The number of hydrogen-bond donors (Lipinski definition) is 3. The van der Waals surface area contributed by atoms with Gasteiger partial charge in [-0.2, -0.15) is 18.2 Å². The second kappa shape index (κ2) is 11.0. The van der Waals surface area contributed by atoms with Gasteiger partial charge in [0.25, 0.3) is 0 Å². The highest BCUT2D eigenvalue weighted by Crippen LogP contribution is 2.42. The molecule has 0 spiro atoms. The molecule has 204 valence electrons. The third-order valence-corrected chi connectivity index (χ3v) is 5.88. The predicted octanol–water partition coefficient (Wildman–Crippen LogP) is 4.69. The van der Waals surface area contributed by atoms with Crippen LogP contribution in [-0.4, -0.2) is 47.4 Å². The number of aromatic nitrogens is 2. The van der Waals surface area contributed by atoms with Gasteiger partial charge in [0.05, 0.1) is 12.0 Å². The summed E-state index contributed by atoms with van der Waals surface area (Å²) in [6, 6.07) is 14.8. The Labute approximate surface area is 221 Å². The van der Waals surface area contributed by atoms with E-state index in [0.29, 0.717) is 16.7 Å². The first-order chi connectivity index (χ1) is 18.4. The van der Waals surface area contributed by atoms with Gasteiger partial charge in [0.15, 0.2) is 0 Å². The van der Waals surface area contributed by atoms with Crippen molar-refractivity contribution in [2.45, 2.75) is 24.7 Å². The van der Waals surface area contributed by atoms with E-state index in [4.69, 9.17) is 25.7 Å². The number of carbonyl (C=O) groups is 1. The zero-order valence-electron chi connectivity index (χ0n) is 21.0. The van der Waals surface area contributed by atoms with E-state index in [2.05, 4.69) is 9.97 Å². The molecule has 0 saturated carbocycles. The fourth-order valence-electron chi connectivity index (χ4n) is 3.92. The van der Waals surface area contributed by atoms with Crippen LogP contribution in [0, 0.1) is 0 Å². The number of ether oxygens (including phenoxy) is 1. The molecule has 39 heavy (non-hydrogen) atoms. The zero-order valence-corrected chi connectivity index (χ0v) is 21.0. The van der Waals surface area contributed by atoms with E-state index in [1.54, 1.807) is 42.5 Å². The highest BCUT2D eigenvalue weighted by molar-refractivity contribution is 5.73. The topological polar surface area (TPSA) is 141 Å². The Morgan fingerprint density at radius 2 is 1.79 bits per heavy atom. The van der Waals surface area contributed by atoms with Crippen LogP contribution < -0.4 is 21.1 Å². The van der Waals surface area contributed by atoms with Gasteiger partial charge >= 0.3 is 12.1 Å². The molecule has 2 aromatic heterocycles. The molecule has 0 radical (unpaired) electrons. The Bertz CT molecular complexity index is 1450. The summed E-state index contributed by atoms with van der Waals surface area (Å²) in [5, 5.41) is 8.99. The van der Waals surface area contributed by atoms with Crippen molar-refractivity contribution in [1.82, 2.24) is 9.97 Å². The summed E-state index contributed by atoms with van der Waals surface area (Å²) < 4.78 is 53.8. The molecule has 0 aliphatic rings. The van der Waals surface area contributed by atoms with Crippen molar-refractivity contribution >= 4 is 17.6 Å². The number of halogens is 3. The maximum atomic E-state index is 14.3. The van der Waals surface area contributed by atoms with Crippen molar-refractivity contribution in [1.29, 1.82) is 0 Å². The van der Waals surface area contributed by atoms with Gasteiger partial charge in [0.1, 0.15) is 11.8 Å². The second-order valence-corrected chi connectivity index (χ2v) is 8.98. The van der Waals surface area contributed by atoms with Crippen LogP contribution in [-0.2, 0) is 11.2 Å². The Morgan fingerprint density at radius 1 is 1.08 bits per heavy atom. The fraction of sp³-hybridized carbons (Fsp3) is 0.222. The zero-order chi connectivity index (χ0) is 28.3. The third kappa shape index (κ3) is 6.47. The molecule has 5 N–H and O–H groups in total. The summed E-state index contributed by atoms with van der Waals surface area (Å²) in [4.78, 5) is 20.8. The van der Waals surface area contributed by atoms with Gasteiger partial charge in [-0.15, -0.1) is 0 Å². The van der Waals surface area contributed by atoms with Crippen molar-refractivity contribution in [3.8, 4) is 28.5 Å². The minimum Gasteiger partial charge on any atom is -0.480 e. The molecule has 2 atom stereocenters. The van der Waals surface area contributed by atoms with Crippen molar-refractivity contribution in [3.63, 3.8) is 0 Å². The SMILES string of the molecule is CN(C)c1cccc(-c2occc2C(Oc2cc(-c3ccc(C[C@H](N)C(=O)O)cc3)nc(N)n2)C(F)(F)F)c1. The maximum absolute atomic E-state index is 14.3. The van der Waals surface area contributed by atoms with Crippen LogP contribution in [0.25, 0.3) is 22.6 Å². The number of furan rings is 1. The van der Waals surface area contributed by atoms with Gasteiger partial charge in [-0.05, 0) is 30.2 Å². The number of carboxylic acids is 1. The molecule has 9 nitrogen and oxygen atoms in total. The molecule has 0 amide bonds. The van der Waals surface area contributed by atoms with E-state index >= 15 is 0 Å². The van der Waals surface area contributed by atoms with Crippen LogP contribution in [0.15, 0.2) is 71.3 Å². The lowest BCUT2D eigenvalue weighted by molar-refractivity contribution is -0.198. The number of nitrogens with zero attached hydrogens (tertiary/aromatic N) is 3. The number of hydrogen-bond acceptors (Lipinski definition) is 8. The summed E-state index contributed by atoms with van der Waals surface area (Å²) in [7, 11) is 3.64. The lowest BCUT2D eigenvalue weighted by atomic mass is 10.0. The number of aliphatic carboxylic acids is 1. The van der Waals surface area contributed by atoms with Crippen LogP contribution in [0.1, 0.15) is 17.2 Å². The van der Waals surface area contributed by atoms with E-state index in [-0.39, 0.29) is 35.3 Å². The molecule has 4 rings (SSSR count). The number of benzene rings is 2. The quantitative estimate of drug-likeness (QED) is 0.275. The monoisotopic (exact) mass is 541 g/mol. The highest BCUT2D eigenvalue weighted by atomic mass is 19.4. The first kappa shape index (κ1) is 27.5. The highest BCUT2D eigenvalue weighted by Gasteiger charge is 2.45. The fourth-order valence-corrected chi connectivity index (χ4v) is 3.92. The summed E-state index contributed by atoms with van der Waals surface area (Å²) in [5.74, 6) is -1.79. The minimum absolute atomic E-state index is 0.0124. The van der Waals surface area contributed by atoms with Gasteiger partial charge in [0.2, 0.25) is 17.9 Å². The number of anilines is 2. The number of alkyl halides is 3. The smallest absolute Gasteiger partial charge is 0.429 e. The van der Waals surface area contributed by atoms with Gasteiger partial charge in [-0.3, -0.25) is 4.79 Å². The summed E-state index contributed by atoms with van der Waals surface area (Å²) in [6.45, 7) is 0. The van der Waals surface area contributed by atoms with Crippen molar-refractivity contribution in [3.05, 3.63) is 78.1 Å². The third-order valence-electron chi connectivity index (χ3n) is 5.88. The number of carboxylic acid groups (broad SMARTS) is 1. The Hall–Kier alpha value is -4.58. The summed E-state index contributed by atoms with van der Waals surface area (Å²) in [6.07, 6.45) is -5.95. The van der Waals surface area contributed by atoms with Gasteiger partial charge < -0.3 is 30.6 Å². The first-order valence-electron chi connectivity index (χ1n) is 11.7. The second-order valence-electron chi connectivity index (χ2n) is 8.98. The molecule has 0 aliphatic heterocycles. The molecule has 4 aromatic rings. The molecule has 12 heteroatoms. The molecule has 2 aromatic carbocycles. The van der Waals surface area contributed by atoms with E-state index in [1.807, 2.05) is 25.1 Å². The largest absolute Gasteiger partial charge is 0.480 e. The Balaban J connectivity index is 1.65. The average molecular weight is 542 g/mol. The van der Waals surface area contributed by atoms with Gasteiger partial charge in [-0.25, -0.2) is 4.98 Å². The first-order valence-corrected chi connectivity index (χ1v) is 11.7. The van der Waals surface area contributed by atoms with Crippen LogP contribution in [0.3, 0.4) is 0 Å². The van der Waals surface area contributed by atoms with Crippen molar-refractivity contribution in [2.24, 2.45) is 5.73 Å². The predicted molar refractivity (Wildman–Crippen MR) is 139 cm³/mol. The molecule has 0 fully saturated rings. The van der Waals surface area contributed by atoms with Gasteiger partial charge in [-0.1, -0.05) is 36.4 Å². The lowest BCUT2D eigenvalue weighted by Gasteiger charge is -2.22. The van der Waals surface area contributed by atoms with Crippen LogP contribution in [0.4, 0.5) is 24.8 Å². The van der Waals surface area contributed by atoms with Crippen LogP contribution in [0.5, 0.6) is 5.88 Å². The number of nitrogens with two attached hydrogens (primary N) is 2. The van der Waals surface area contributed by atoms with Crippen molar-refractivity contribution in [2.75, 3.05) is 24.7 Å². The standard InChI is InChI=1S/C27H26F3N5O4/c1-35(2)18-5-3-4-17(13-18)23-19(10-11-38-23)24(27(28,29)30)39-22-14-21(33-26(32)34-22)16-8-6-15(7-9-16)12-20(31)25(36)37/h3-11,13-14,20,24H,12,31H2,1-2H3,(H,36,37)(H2,32,33,34)/t20-,24?/m0/s1. The lowest BCUT2D eigenvalue weighted by Crippen LogP contribution is -2.32. The minimum atomic E-state index is -4.82. The molecule has 0 saturated heterocycles. The van der Waals surface area contributed by atoms with E-state index < -0.39 is 24.3 Å². The Kier molecular flexibility index (Phi) is 7.77. The molecule has 0 bridgehead atoms. The Morgan fingerprint density at radius 3 is 2.44 bits per heavy atom. The summed E-state index contributed by atoms with van der Waals surface area (Å²) >= 11 is 0. The molecule has 0 aliphatic carbocycles. The van der Waals surface area contributed by atoms with Crippen molar-refractivity contribution < 1.29 is 32.2 Å². The number of rotatable bonds is 9. The molecule has 2 heterocycles. The van der Waals surface area contributed by atoms with Gasteiger partial charge in [0, 0.05) is 42.5 Å². The molecular weight excluding hydrogens is 515 g/mol. The average Bonchev–Trinajstić information content (AvgIpc) is 3.36. The summed E-state index contributed by atoms with van der Waals surface area (Å²) in [5.41, 5.74) is 13.8. The molecular formula is C27H26F3N5O4. The molecule has 1 unspecified atom stereocenters. The van der Waals surface area contributed by atoms with E-state index in [1.165, 1.54) is 18.4 Å². The maximum Gasteiger partial charge on any atom is 0.429 e. The van der Waals surface area contributed by atoms with E-state index in [0.717, 1.165) is 5.69 Å². The normalized spacial score (nSPS) is 13.1. The van der Waals surface area contributed by atoms with Crippen LogP contribution >= 0.6 is 0 Å². The van der Waals surface area contributed by atoms with E-state index in [9.17, 15) is 18.0 Å². The number of nitrogen functional groups attached to an aromatic ring is 1. The van der Waals surface area contributed by atoms with Crippen LogP contribution in [0.2, 0.25) is 0 Å².